The molecule has 4 nitrogen and oxygen atoms in total. The molecule has 2 rings (SSSR count). The number of nitrogens with zero attached hydrogens (tertiary/aromatic N) is 2. The van der Waals surface area contributed by atoms with Crippen LogP contribution in [0.5, 0.6) is 0 Å². The lowest BCUT2D eigenvalue weighted by Gasteiger charge is -2.23. The molecule has 2 heterocycles. The molecule has 0 saturated carbocycles. The average Bonchev–Trinajstić information content (AvgIpc) is 2.06. The number of piperidine rings is 1. The SMILES string of the molecule is O=C1N=CN=C2CNCC[C@@H]12. The van der Waals surface area contributed by atoms with Crippen LogP contribution in [0.2, 0.25) is 0 Å². The van der Waals surface area contributed by atoms with Gasteiger partial charge in [-0.15, -0.1) is 0 Å². The first-order chi connectivity index (χ1) is 5.38. The molecule has 58 valence electrons. The van der Waals surface area contributed by atoms with E-state index >= 15 is 0 Å². The summed E-state index contributed by atoms with van der Waals surface area (Å²) in [6, 6.07) is 0. The van der Waals surface area contributed by atoms with Crippen molar-refractivity contribution in [1.82, 2.24) is 5.32 Å². The monoisotopic (exact) mass is 151 g/mol. The molecule has 4 heteroatoms. The first-order valence-electron chi connectivity index (χ1n) is 3.71. The quantitative estimate of drug-likeness (QED) is 0.512. The van der Waals surface area contributed by atoms with Crippen molar-refractivity contribution < 1.29 is 4.79 Å². The molecule has 2 aliphatic rings. The van der Waals surface area contributed by atoms with E-state index in [-0.39, 0.29) is 11.8 Å². The zero-order valence-corrected chi connectivity index (χ0v) is 6.08. The molecule has 0 aromatic carbocycles. The zero-order chi connectivity index (χ0) is 7.68. The van der Waals surface area contributed by atoms with Crippen LogP contribution < -0.4 is 5.32 Å². The Kier molecular flexibility index (Phi) is 1.54. The van der Waals surface area contributed by atoms with Crippen molar-refractivity contribution in [3.05, 3.63) is 0 Å². The number of fused-ring (bicyclic) bond motifs is 1. The standard InChI is InChI=1S/C7H9N3O/c11-7-5-1-2-8-3-6(5)9-4-10-7/h4-5,8H,1-3H2/t5-/m1/s1. The highest BCUT2D eigenvalue weighted by Crippen LogP contribution is 2.13. The minimum absolute atomic E-state index is 0.0266. The lowest BCUT2D eigenvalue weighted by atomic mass is 9.94. The van der Waals surface area contributed by atoms with Crippen LogP contribution in [0.3, 0.4) is 0 Å². The highest BCUT2D eigenvalue weighted by molar-refractivity contribution is 6.12. The Morgan fingerprint density at radius 2 is 2.55 bits per heavy atom. The summed E-state index contributed by atoms with van der Waals surface area (Å²) in [5.41, 5.74) is 0.941. The van der Waals surface area contributed by atoms with Gasteiger partial charge >= 0.3 is 0 Å². The molecule has 0 radical (unpaired) electrons. The van der Waals surface area contributed by atoms with E-state index in [1.165, 1.54) is 6.34 Å². The van der Waals surface area contributed by atoms with Gasteiger partial charge in [0.05, 0.1) is 5.92 Å². The molecule has 1 fully saturated rings. The third kappa shape index (κ3) is 1.09. The first-order valence-corrected chi connectivity index (χ1v) is 3.71. The normalized spacial score (nSPS) is 29.6. The maximum atomic E-state index is 11.1. The van der Waals surface area contributed by atoms with Crippen molar-refractivity contribution in [1.29, 1.82) is 0 Å². The van der Waals surface area contributed by atoms with Gasteiger partial charge in [0.25, 0.3) is 5.91 Å². The van der Waals surface area contributed by atoms with Gasteiger partial charge in [0, 0.05) is 12.3 Å². The number of rotatable bonds is 0. The Labute approximate surface area is 64.4 Å². The molecule has 0 unspecified atom stereocenters. The Morgan fingerprint density at radius 3 is 3.36 bits per heavy atom. The van der Waals surface area contributed by atoms with E-state index in [0.717, 1.165) is 25.2 Å². The lowest BCUT2D eigenvalue weighted by Crippen LogP contribution is -2.41. The van der Waals surface area contributed by atoms with Gasteiger partial charge in [0.1, 0.15) is 6.34 Å². The van der Waals surface area contributed by atoms with Gasteiger partial charge in [-0.2, -0.15) is 0 Å². The first kappa shape index (κ1) is 6.67. The Balaban J connectivity index is 2.25. The molecule has 0 aromatic rings. The number of carbonyl (C=O) groups is 1. The van der Waals surface area contributed by atoms with Crippen LogP contribution in [-0.2, 0) is 4.79 Å². The number of amides is 1. The molecular weight excluding hydrogens is 142 g/mol. The van der Waals surface area contributed by atoms with E-state index in [1.54, 1.807) is 0 Å². The Morgan fingerprint density at radius 1 is 1.64 bits per heavy atom. The van der Waals surface area contributed by atoms with Gasteiger partial charge in [-0.1, -0.05) is 0 Å². The van der Waals surface area contributed by atoms with E-state index in [0.29, 0.717) is 0 Å². The summed E-state index contributed by atoms with van der Waals surface area (Å²) < 4.78 is 0. The van der Waals surface area contributed by atoms with Gasteiger partial charge in [-0.25, -0.2) is 9.98 Å². The van der Waals surface area contributed by atoms with Gasteiger partial charge in [-0.05, 0) is 13.0 Å². The zero-order valence-electron chi connectivity index (χ0n) is 6.08. The van der Waals surface area contributed by atoms with Gasteiger partial charge in [0.2, 0.25) is 0 Å². The van der Waals surface area contributed by atoms with E-state index in [2.05, 4.69) is 15.3 Å². The molecule has 1 saturated heterocycles. The van der Waals surface area contributed by atoms with Crippen molar-refractivity contribution in [3.8, 4) is 0 Å². The topological polar surface area (TPSA) is 53.8 Å². The predicted octanol–water partition coefficient (Wildman–Crippen LogP) is -0.395. The molecule has 0 aliphatic carbocycles. The van der Waals surface area contributed by atoms with Crippen molar-refractivity contribution in [2.24, 2.45) is 15.9 Å². The Hall–Kier alpha value is -1.03. The van der Waals surface area contributed by atoms with E-state index in [4.69, 9.17) is 0 Å². The molecule has 11 heavy (non-hydrogen) atoms. The average molecular weight is 151 g/mol. The van der Waals surface area contributed by atoms with Crippen LogP contribution in [0.15, 0.2) is 9.98 Å². The fourth-order valence-electron chi connectivity index (χ4n) is 1.40. The third-order valence-electron chi connectivity index (χ3n) is 2.02. The third-order valence-corrected chi connectivity index (χ3v) is 2.02. The number of hydrogen-bond acceptors (Lipinski definition) is 3. The number of nitrogens with one attached hydrogen (secondary N) is 1. The van der Waals surface area contributed by atoms with E-state index in [9.17, 15) is 4.79 Å². The molecule has 1 atom stereocenters. The van der Waals surface area contributed by atoms with E-state index < -0.39 is 0 Å². The summed E-state index contributed by atoms with van der Waals surface area (Å²) in [5, 5.41) is 3.16. The number of aliphatic imine (C=N–C) groups is 2. The molecule has 1 amide bonds. The van der Waals surface area contributed by atoms with Gasteiger partial charge < -0.3 is 5.32 Å². The second-order valence-electron chi connectivity index (χ2n) is 2.72. The molecule has 2 aliphatic heterocycles. The van der Waals surface area contributed by atoms with Crippen molar-refractivity contribution >= 4 is 18.0 Å². The molecule has 1 N–H and O–H groups in total. The fourth-order valence-corrected chi connectivity index (χ4v) is 1.40. The van der Waals surface area contributed by atoms with Crippen molar-refractivity contribution in [2.45, 2.75) is 6.42 Å². The summed E-state index contributed by atoms with van der Waals surface area (Å²) in [6.45, 7) is 1.63. The maximum absolute atomic E-state index is 11.1. The second-order valence-corrected chi connectivity index (χ2v) is 2.72. The maximum Gasteiger partial charge on any atom is 0.256 e. The minimum Gasteiger partial charge on any atom is -0.311 e. The van der Waals surface area contributed by atoms with Gasteiger partial charge in [0.15, 0.2) is 0 Å². The van der Waals surface area contributed by atoms with Crippen LogP contribution in [-0.4, -0.2) is 31.0 Å². The highest BCUT2D eigenvalue weighted by atomic mass is 16.1. The predicted molar refractivity (Wildman–Crippen MR) is 41.9 cm³/mol. The van der Waals surface area contributed by atoms with Crippen molar-refractivity contribution in [2.75, 3.05) is 13.1 Å². The largest absolute Gasteiger partial charge is 0.311 e. The highest BCUT2D eigenvalue weighted by Gasteiger charge is 2.27. The summed E-state index contributed by atoms with van der Waals surface area (Å²) in [4.78, 5) is 18.8. The summed E-state index contributed by atoms with van der Waals surface area (Å²) in [6.07, 6.45) is 2.19. The smallest absolute Gasteiger partial charge is 0.256 e. The molecule has 0 spiro atoms. The molecular formula is C7H9N3O. The van der Waals surface area contributed by atoms with Crippen LogP contribution >= 0.6 is 0 Å². The van der Waals surface area contributed by atoms with Crippen LogP contribution in [0, 0.1) is 5.92 Å². The fraction of sp³-hybridized carbons (Fsp3) is 0.571. The van der Waals surface area contributed by atoms with Gasteiger partial charge in [-0.3, -0.25) is 4.79 Å². The lowest BCUT2D eigenvalue weighted by molar-refractivity contribution is -0.120. The second kappa shape index (κ2) is 2.54. The molecule has 0 bridgehead atoms. The summed E-state index contributed by atoms with van der Waals surface area (Å²) >= 11 is 0. The van der Waals surface area contributed by atoms with Crippen LogP contribution in [0.1, 0.15) is 6.42 Å². The Bertz CT molecular complexity index is 244. The summed E-state index contributed by atoms with van der Waals surface area (Å²) in [7, 11) is 0. The number of hydrogen-bond donors (Lipinski definition) is 1. The molecule has 0 aromatic heterocycles. The van der Waals surface area contributed by atoms with Crippen LogP contribution in [0.4, 0.5) is 0 Å². The van der Waals surface area contributed by atoms with Crippen LogP contribution in [0.25, 0.3) is 0 Å². The summed E-state index contributed by atoms with van der Waals surface area (Å²) in [5.74, 6) is -0.0576. The number of carbonyl (C=O) groups excluding carboxylic acids is 1. The minimum atomic E-state index is -0.0310. The van der Waals surface area contributed by atoms with Crippen molar-refractivity contribution in [3.63, 3.8) is 0 Å². The van der Waals surface area contributed by atoms with E-state index in [1.807, 2.05) is 0 Å².